The standard InChI is InChI=1S/C27H27N5O5/c1-2-7-20(30-27(36)37-23-12-11-17-8-3-4-9-18(17)29-23)26(35)31-15-13-21-24(31)22(33)16-32(21)25(34)19-10-5-6-14-28-19/h3-6,8-12,14,20-21,24H,2,7,13,15-16H2,1H3,(H,30,36). The number of ether oxygens (including phenoxy) is 1. The zero-order valence-corrected chi connectivity index (χ0v) is 20.4. The van der Waals surface area contributed by atoms with Crippen molar-refractivity contribution in [3.8, 4) is 5.88 Å². The Kier molecular flexibility index (Phi) is 6.80. The van der Waals surface area contributed by atoms with Gasteiger partial charge in [0.05, 0.1) is 18.1 Å². The van der Waals surface area contributed by atoms with Gasteiger partial charge in [0.2, 0.25) is 11.8 Å². The van der Waals surface area contributed by atoms with Crippen LogP contribution in [0.15, 0.2) is 60.8 Å². The Morgan fingerprint density at radius 1 is 1.08 bits per heavy atom. The number of nitrogens with zero attached hydrogens (tertiary/aromatic N) is 4. The van der Waals surface area contributed by atoms with Gasteiger partial charge in [-0.1, -0.05) is 37.6 Å². The third-order valence-electron chi connectivity index (χ3n) is 6.79. The van der Waals surface area contributed by atoms with Crippen molar-refractivity contribution in [3.63, 3.8) is 0 Å². The molecule has 0 aliphatic carbocycles. The smallest absolute Gasteiger partial charge is 0.391 e. The van der Waals surface area contributed by atoms with Crippen molar-refractivity contribution in [2.24, 2.45) is 0 Å². The van der Waals surface area contributed by atoms with E-state index in [1.807, 2.05) is 31.2 Å². The molecule has 2 saturated heterocycles. The van der Waals surface area contributed by atoms with E-state index in [0.717, 1.165) is 5.39 Å². The van der Waals surface area contributed by atoms with Crippen molar-refractivity contribution in [2.75, 3.05) is 13.1 Å². The molecule has 3 amide bonds. The molecule has 0 bridgehead atoms. The number of hydrogen-bond acceptors (Lipinski definition) is 7. The molecule has 10 nitrogen and oxygen atoms in total. The molecule has 3 unspecified atom stereocenters. The molecule has 37 heavy (non-hydrogen) atoms. The van der Waals surface area contributed by atoms with Crippen LogP contribution >= 0.6 is 0 Å². The van der Waals surface area contributed by atoms with E-state index in [1.165, 1.54) is 16.0 Å². The molecule has 2 aliphatic rings. The average Bonchev–Trinajstić information content (AvgIpc) is 3.49. The molecule has 3 atom stereocenters. The number of nitrogens with one attached hydrogen (secondary N) is 1. The molecule has 3 aromatic rings. The number of pyridine rings is 2. The Balaban J connectivity index is 1.27. The van der Waals surface area contributed by atoms with Gasteiger partial charge in [-0.15, -0.1) is 0 Å². The maximum atomic E-state index is 13.5. The monoisotopic (exact) mass is 501 g/mol. The van der Waals surface area contributed by atoms with E-state index in [9.17, 15) is 19.2 Å². The molecule has 10 heteroatoms. The minimum absolute atomic E-state index is 0.0733. The van der Waals surface area contributed by atoms with Crippen molar-refractivity contribution in [1.29, 1.82) is 0 Å². The summed E-state index contributed by atoms with van der Waals surface area (Å²) >= 11 is 0. The van der Waals surface area contributed by atoms with Crippen molar-refractivity contribution in [3.05, 3.63) is 66.5 Å². The minimum atomic E-state index is -0.870. The molecule has 5 rings (SSSR count). The zero-order valence-electron chi connectivity index (χ0n) is 20.4. The molecule has 2 aliphatic heterocycles. The lowest BCUT2D eigenvalue weighted by Crippen LogP contribution is -2.53. The Labute approximate surface area is 213 Å². The van der Waals surface area contributed by atoms with E-state index >= 15 is 0 Å². The summed E-state index contributed by atoms with van der Waals surface area (Å²) in [6.45, 7) is 2.14. The third kappa shape index (κ3) is 4.87. The van der Waals surface area contributed by atoms with Gasteiger partial charge in [-0.2, -0.15) is 0 Å². The van der Waals surface area contributed by atoms with Gasteiger partial charge in [-0.25, -0.2) is 9.78 Å². The molecular weight excluding hydrogens is 474 g/mol. The summed E-state index contributed by atoms with van der Waals surface area (Å²) in [5, 5.41) is 3.56. The minimum Gasteiger partial charge on any atom is -0.391 e. The SMILES string of the molecule is CCCC(NC(=O)Oc1ccc2ccccc2n1)C(=O)N1CCC2C1C(=O)CN2C(=O)c1ccccn1. The lowest BCUT2D eigenvalue weighted by Gasteiger charge is -2.28. The number of aromatic nitrogens is 2. The number of rotatable bonds is 6. The van der Waals surface area contributed by atoms with Gasteiger partial charge in [-0.3, -0.25) is 19.4 Å². The predicted molar refractivity (Wildman–Crippen MR) is 134 cm³/mol. The van der Waals surface area contributed by atoms with E-state index in [4.69, 9.17) is 4.74 Å². The Hall–Kier alpha value is -4.34. The average molecular weight is 502 g/mol. The Bertz CT molecular complexity index is 1350. The fourth-order valence-corrected chi connectivity index (χ4v) is 5.09. The molecule has 2 fully saturated rings. The molecule has 190 valence electrons. The van der Waals surface area contributed by atoms with Crippen LogP contribution in [0.5, 0.6) is 5.88 Å². The fraction of sp³-hybridized carbons (Fsp3) is 0.333. The first-order valence-corrected chi connectivity index (χ1v) is 12.4. The van der Waals surface area contributed by atoms with Crippen LogP contribution in [0.3, 0.4) is 0 Å². The summed E-state index contributed by atoms with van der Waals surface area (Å²) in [5.74, 6) is -0.767. The van der Waals surface area contributed by atoms with Crippen LogP contribution in [0.2, 0.25) is 0 Å². The summed E-state index contributed by atoms with van der Waals surface area (Å²) in [6.07, 6.45) is 2.21. The van der Waals surface area contributed by atoms with Crippen LogP contribution < -0.4 is 10.1 Å². The summed E-state index contributed by atoms with van der Waals surface area (Å²) < 4.78 is 5.36. The van der Waals surface area contributed by atoms with E-state index < -0.39 is 24.2 Å². The molecule has 1 N–H and O–H groups in total. The zero-order chi connectivity index (χ0) is 25.9. The molecule has 0 spiro atoms. The maximum Gasteiger partial charge on any atom is 0.414 e. The number of hydrogen-bond donors (Lipinski definition) is 1. The van der Waals surface area contributed by atoms with Gasteiger partial charge in [0.25, 0.3) is 5.91 Å². The molecule has 0 radical (unpaired) electrons. The number of carbonyl (C=O) groups excluding carboxylic acids is 4. The van der Waals surface area contributed by atoms with Crippen molar-refractivity contribution in [2.45, 2.75) is 44.3 Å². The van der Waals surface area contributed by atoms with Gasteiger partial charge < -0.3 is 19.9 Å². The summed E-state index contributed by atoms with van der Waals surface area (Å²) in [4.78, 5) is 63.5. The highest BCUT2D eigenvalue weighted by molar-refractivity contribution is 6.02. The second-order valence-electron chi connectivity index (χ2n) is 9.16. The first-order chi connectivity index (χ1) is 18.0. The van der Waals surface area contributed by atoms with Gasteiger partial charge >= 0.3 is 6.09 Å². The van der Waals surface area contributed by atoms with Crippen LogP contribution in [-0.2, 0) is 9.59 Å². The third-order valence-corrected chi connectivity index (χ3v) is 6.79. The first-order valence-electron chi connectivity index (χ1n) is 12.4. The van der Waals surface area contributed by atoms with Crippen LogP contribution in [0.4, 0.5) is 4.79 Å². The van der Waals surface area contributed by atoms with E-state index in [0.29, 0.717) is 31.3 Å². The topological polar surface area (TPSA) is 122 Å². The maximum absolute atomic E-state index is 13.5. The quantitative estimate of drug-likeness (QED) is 0.551. The highest BCUT2D eigenvalue weighted by atomic mass is 16.6. The largest absolute Gasteiger partial charge is 0.414 e. The second kappa shape index (κ2) is 10.3. The van der Waals surface area contributed by atoms with Crippen LogP contribution in [-0.4, -0.2) is 74.7 Å². The number of ketones is 1. The van der Waals surface area contributed by atoms with Gasteiger partial charge in [0, 0.05) is 24.2 Å². The molecule has 0 saturated carbocycles. The van der Waals surface area contributed by atoms with Gasteiger partial charge in [0.15, 0.2) is 5.78 Å². The lowest BCUT2D eigenvalue weighted by atomic mass is 10.1. The molecule has 1 aromatic carbocycles. The normalized spacial score (nSPS) is 19.5. The predicted octanol–water partition coefficient (Wildman–Crippen LogP) is 2.58. The van der Waals surface area contributed by atoms with Gasteiger partial charge in [-0.05, 0) is 37.1 Å². The number of Topliss-reactive ketones (excluding diaryl/α,β-unsaturated/α-hetero) is 1. The first kappa shape index (κ1) is 24.4. The molecule has 4 heterocycles. The number of benzene rings is 1. The second-order valence-corrected chi connectivity index (χ2v) is 9.16. The van der Waals surface area contributed by atoms with Crippen LogP contribution in [0.25, 0.3) is 10.9 Å². The number of fused-ring (bicyclic) bond motifs is 2. The number of para-hydroxylation sites is 1. The Morgan fingerprint density at radius 2 is 1.89 bits per heavy atom. The number of carbonyl (C=O) groups is 4. The molecular formula is C27H27N5O5. The molecule has 2 aromatic heterocycles. The fourth-order valence-electron chi connectivity index (χ4n) is 5.09. The summed E-state index contributed by atoms with van der Waals surface area (Å²) in [5.41, 5.74) is 0.943. The number of amides is 3. The van der Waals surface area contributed by atoms with Crippen LogP contribution in [0, 0.1) is 0 Å². The van der Waals surface area contributed by atoms with Gasteiger partial charge in [0.1, 0.15) is 17.8 Å². The van der Waals surface area contributed by atoms with Crippen molar-refractivity contribution in [1.82, 2.24) is 25.1 Å². The van der Waals surface area contributed by atoms with E-state index in [2.05, 4.69) is 15.3 Å². The lowest BCUT2D eigenvalue weighted by molar-refractivity contribution is -0.138. The highest BCUT2D eigenvalue weighted by Gasteiger charge is 2.52. The highest BCUT2D eigenvalue weighted by Crippen LogP contribution is 2.31. The van der Waals surface area contributed by atoms with Crippen molar-refractivity contribution >= 4 is 34.6 Å². The number of likely N-dealkylation sites (tertiary alicyclic amines) is 2. The van der Waals surface area contributed by atoms with E-state index in [-0.39, 0.29) is 35.7 Å². The van der Waals surface area contributed by atoms with E-state index in [1.54, 1.807) is 30.3 Å². The van der Waals surface area contributed by atoms with Crippen molar-refractivity contribution < 1.29 is 23.9 Å². The summed E-state index contributed by atoms with van der Waals surface area (Å²) in [7, 11) is 0. The van der Waals surface area contributed by atoms with Crippen LogP contribution in [0.1, 0.15) is 36.7 Å². The summed E-state index contributed by atoms with van der Waals surface area (Å²) in [6, 6.07) is 13.9. The Morgan fingerprint density at radius 3 is 2.68 bits per heavy atom.